The molecule has 2 amide bonds. The first-order chi connectivity index (χ1) is 8.50. The van der Waals surface area contributed by atoms with Crippen LogP contribution in [0.3, 0.4) is 0 Å². The van der Waals surface area contributed by atoms with Gasteiger partial charge in [0.25, 0.3) is 0 Å². The molecule has 0 radical (unpaired) electrons. The van der Waals surface area contributed by atoms with Crippen molar-refractivity contribution < 1.29 is 14.3 Å². The Morgan fingerprint density at radius 3 is 2.56 bits per heavy atom. The fourth-order valence-electron chi connectivity index (χ4n) is 2.35. The number of carbonyl (C=O) groups is 2. The van der Waals surface area contributed by atoms with Crippen molar-refractivity contribution >= 4 is 11.8 Å². The highest BCUT2D eigenvalue weighted by Crippen LogP contribution is 2.29. The molecule has 1 atom stereocenters. The molecule has 6 heteroatoms. The van der Waals surface area contributed by atoms with Crippen molar-refractivity contribution in [2.75, 3.05) is 26.8 Å². The normalized spacial score (nSPS) is 20.1. The Morgan fingerprint density at radius 1 is 1.44 bits per heavy atom. The van der Waals surface area contributed by atoms with Gasteiger partial charge in [-0.25, -0.2) is 0 Å². The van der Waals surface area contributed by atoms with Gasteiger partial charge in [0.15, 0.2) is 0 Å². The molecule has 0 aromatic heterocycles. The summed E-state index contributed by atoms with van der Waals surface area (Å²) in [7, 11) is 1.60. The van der Waals surface area contributed by atoms with Gasteiger partial charge in [0.05, 0.1) is 12.0 Å². The number of piperidine rings is 1. The van der Waals surface area contributed by atoms with E-state index in [2.05, 4.69) is 10.6 Å². The number of amides is 2. The molecule has 1 saturated heterocycles. The molecule has 1 aliphatic heterocycles. The maximum atomic E-state index is 12.3. The van der Waals surface area contributed by atoms with Crippen LogP contribution in [0, 0.1) is 5.41 Å². The summed E-state index contributed by atoms with van der Waals surface area (Å²) in [5.41, 5.74) is 4.63. The van der Waals surface area contributed by atoms with Gasteiger partial charge in [-0.1, -0.05) is 0 Å². The zero-order valence-corrected chi connectivity index (χ0v) is 11.1. The van der Waals surface area contributed by atoms with Crippen LogP contribution in [-0.2, 0) is 14.3 Å². The molecule has 6 nitrogen and oxygen atoms in total. The molecule has 104 valence electrons. The van der Waals surface area contributed by atoms with Crippen LogP contribution in [0.2, 0.25) is 0 Å². The van der Waals surface area contributed by atoms with E-state index in [1.54, 1.807) is 14.0 Å². The number of rotatable bonds is 6. The molecule has 0 aromatic rings. The second-order valence-corrected chi connectivity index (χ2v) is 5.01. The van der Waals surface area contributed by atoms with Crippen LogP contribution in [0.5, 0.6) is 0 Å². The first-order valence-electron chi connectivity index (χ1n) is 6.29. The van der Waals surface area contributed by atoms with Crippen LogP contribution in [0.1, 0.15) is 26.2 Å². The quantitative estimate of drug-likeness (QED) is 0.591. The molecular formula is C12H23N3O3. The van der Waals surface area contributed by atoms with Crippen LogP contribution in [0.4, 0.5) is 0 Å². The average Bonchev–Trinajstić information content (AvgIpc) is 2.29. The molecule has 1 aliphatic rings. The molecule has 0 saturated carbocycles. The largest absolute Gasteiger partial charge is 0.384 e. The number of nitrogens with one attached hydrogen (secondary N) is 2. The third kappa shape index (κ3) is 3.96. The summed E-state index contributed by atoms with van der Waals surface area (Å²) in [6.45, 7) is 3.80. The van der Waals surface area contributed by atoms with E-state index in [-0.39, 0.29) is 18.4 Å². The monoisotopic (exact) mass is 257 g/mol. The van der Waals surface area contributed by atoms with E-state index < -0.39 is 11.3 Å². The Hall–Kier alpha value is -1.14. The van der Waals surface area contributed by atoms with Crippen molar-refractivity contribution in [3.8, 4) is 0 Å². The van der Waals surface area contributed by atoms with Gasteiger partial charge in [0.2, 0.25) is 11.8 Å². The molecule has 1 unspecified atom stereocenters. The lowest BCUT2D eigenvalue weighted by Crippen LogP contribution is -2.52. The predicted octanol–water partition coefficient (Wildman–Crippen LogP) is -0.617. The summed E-state index contributed by atoms with van der Waals surface area (Å²) in [6, 6.07) is -0.237. The van der Waals surface area contributed by atoms with Crippen LogP contribution < -0.4 is 16.4 Å². The maximum Gasteiger partial charge on any atom is 0.228 e. The standard InChI is InChI=1S/C12H23N3O3/c1-9(7-10(13)16)15-11(17)12(8-18-2)3-5-14-6-4-12/h9,14H,3-8H2,1-2H3,(H2,13,16)(H,15,17). The Morgan fingerprint density at radius 2 is 2.06 bits per heavy atom. The molecule has 1 heterocycles. The predicted molar refractivity (Wildman–Crippen MR) is 67.8 cm³/mol. The molecule has 4 N–H and O–H groups in total. The Kier molecular flexibility index (Phi) is 5.55. The molecule has 1 rings (SSSR count). The van der Waals surface area contributed by atoms with Crippen molar-refractivity contribution in [1.29, 1.82) is 0 Å². The number of hydrogen-bond acceptors (Lipinski definition) is 4. The number of nitrogens with two attached hydrogens (primary N) is 1. The van der Waals surface area contributed by atoms with Crippen molar-refractivity contribution in [3.05, 3.63) is 0 Å². The molecule has 0 aliphatic carbocycles. The highest BCUT2D eigenvalue weighted by atomic mass is 16.5. The lowest BCUT2D eigenvalue weighted by molar-refractivity contribution is -0.137. The van der Waals surface area contributed by atoms with E-state index in [0.29, 0.717) is 6.61 Å². The topological polar surface area (TPSA) is 93.4 Å². The fraction of sp³-hybridized carbons (Fsp3) is 0.833. The Labute approximate surface area is 108 Å². The van der Waals surface area contributed by atoms with Crippen LogP contribution in [0.15, 0.2) is 0 Å². The summed E-state index contributed by atoms with van der Waals surface area (Å²) in [4.78, 5) is 23.1. The molecule has 0 aromatic carbocycles. The Bertz CT molecular complexity index is 295. The zero-order chi connectivity index (χ0) is 13.6. The second kappa shape index (κ2) is 6.70. The van der Waals surface area contributed by atoms with Gasteiger partial charge in [-0.2, -0.15) is 0 Å². The summed E-state index contributed by atoms with van der Waals surface area (Å²) >= 11 is 0. The molecular weight excluding hydrogens is 234 g/mol. The highest BCUT2D eigenvalue weighted by molar-refractivity contribution is 5.84. The number of methoxy groups -OCH3 is 1. The van der Waals surface area contributed by atoms with Crippen molar-refractivity contribution in [3.63, 3.8) is 0 Å². The third-order valence-electron chi connectivity index (χ3n) is 3.35. The van der Waals surface area contributed by atoms with E-state index in [9.17, 15) is 9.59 Å². The number of ether oxygens (including phenoxy) is 1. The van der Waals surface area contributed by atoms with Gasteiger partial charge >= 0.3 is 0 Å². The maximum absolute atomic E-state index is 12.3. The SMILES string of the molecule is COCC1(C(=O)NC(C)CC(N)=O)CCNCC1. The van der Waals surface area contributed by atoms with E-state index in [1.165, 1.54) is 0 Å². The Balaban J connectivity index is 2.61. The van der Waals surface area contributed by atoms with Gasteiger partial charge in [0, 0.05) is 19.6 Å². The highest BCUT2D eigenvalue weighted by Gasteiger charge is 2.40. The van der Waals surface area contributed by atoms with E-state index in [4.69, 9.17) is 10.5 Å². The first kappa shape index (κ1) is 14.9. The summed E-state index contributed by atoms with van der Waals surface area (Å²) in [5.74, 6) is -0.450. The van der Waals surface area contributed by atoms with Gasteiger partial charge in [-0.15, -0.1) is 0 Å². The van der Waals surface area contributed by atoms with Gasteiger partial charge in [-0.05, 0) is 32.9 Å². The average molecular weight is 257 g/mol. The minimum absolute atomic E-state index is 0.0420. The summed E-state index contributed by atoms with van der Waals surface area (Å²) in [5, 5.41) is 6.09. The smallest absolute Gasteiger partial charge is 0.228 e. The van der Waals surface area contributed by atoms with Crippen molar-refractivity contribution in [1.82, 2.24) is 10.6 Å². The van der Waals surface area contributed by atoms with Crippen LogP contribution in [0.25, 0.3) is 0 Å². The van der Waals surface area contributed by atoms with E-state index in [1.807, 2.05) is 0 Å². The lowest BCUT2D eigenvalue weighted by Gasteiger charge is -2.36. The first-order valence-corrected chi connectivity index (χ1v) is 6.29. The zero-order valence-electron chi connectivity index (χ0n) is 11.1. The van der Waals surface area contributed by atoms with E-state index >= 15 is 0 Å². The van der Waals surface area contributed by atoms with Gasteiger partial charge < -0.3 is 21.1 Å². The molecule has 0 bridgehead atoms. The molecule has 1 fully saturated rings. The lowest BCUT2D eigenvalue weighted by atomic mass is 9.78. The van der Waals surface area contributed by atoms with Crippen molar-refractivity contribution in [2.24, 2.45) is 11.1 Å². The number of hydrogen-bond donors (Lipinski definition) is 3. The van der Waals surface area contributed by atoms with E-state index in [0.717, 1.165) is 25.9 Å². The summed E-state index contributed by atoms with van der Waals surface area (Å²) in [6.07, 6.45) is 1.65. The molecule has 18 heavy (non-hydrogen) atoms. The van der Waals surface area contributed by atoms with Crippen LogP contribution in [-0.4, -0.2) is 44.7 Å². The fourth-order valence-corrected chi connectivity index (χ4v) is 2.35. The minimum atomic E-state index is -0.480. The number of primary amides is 1. The van der Waals surface area contributed by atoms with Crippen LogP contribution >= 0.6 is 0 Å². The molecule has 0 spiro atoms. The van der Waals surface area contributed by atoms with Gasteiger partial charge in [0.1, 0.15) is 0 Å². The van der Waals surface area contributed by atoms with Gasteiger partial charge in [-0.3, -0.25) is 9.59 Å². The van der Waals surface area contributed by atoms with Crippen molar-refractivity contribution in [2.45, 2.75) is 32.2 Å². The minimum Gasteiger partial charge on any atom is -0.384 e. The number of carbonyl (C=O) groups excluding carboxylic acids is 2. The second-order valence-electron chi connectivity index (χ2n) is 5.01. The third-order valence-corrected chi connectivity index (χ3v) is 3.35. The summed E-state index contributed by atoms with van der Waals surface area (Å²) < 4.78 is 5.19.